The molecule has 130 valence electrons. The minimum Gasteiger partial charge on any atom is -0.465 e. The summed E-state index contributed by atoms with van der Waals surface area (Å²) in [6.07, 6.45) is 0. The van der Waals surface area contributed by atoms with Crippen molar-refractivity contribution in [2.75, 3.05) is 19.1 Å². The number of rotatable bonds is 2. The number of methoxy groups -OCH3 is 1. The lowest BCUT2D eigenvalue weighted by atomic mass is 9.66. The smallest absolute Gasteiger partial charge is 0.340 e. The molecular weight excluding hydrogens is 324 g/mol. The average Bonchev–Trinajstić information content (AvgIpc) is 2.77. The number of ether oxygens (including phenoxy) is 2. The van der Waals surface area contributed by atoms with E-state index in [4.69, 9.17) is 15.2 Å². The first kappa shape index (κ1) is 16.8. The number of amides is 1. The number of benzene rings is 1. The fourth-order valence-corrected chi connectivity index (χ4v) is 3.75. The standard InChI is InChI=1S/C18H18N2O5/c1-9(21)13-10(2)25-15(19)14(16(22)24-4)18(13)11-7-5-6-8-12(11)20(3)17(18)23/h5-8H,19H2,1-4H3/t18-/m0/s1. The van der Waals surface area contributed by atoms with Gasteiger partial charge in [0.05, 0.1) is 12.7 Å². The maximum atomic E-state index is 13.4. The van der Waals surface area contributed by atoms with Crippen LogP contribution in [0.4, 0.5) is 5.69 Å². The van der Waals surface area contributed by atoms with Crippen LogP contribution < -0.4 is 10.6 Å². The van der Waals surface area contributed by atoms with Crippen LogP contribution in [0.3, 0.4) is 0 Å². The molecule has 2 heterocycles. The van der Waals surface area contributed by atoms with E-state index in [1.54, 1.807) is 38.2 Å². The molecule has 7 heteroatoms. The molecule has 2 aliphatic heterocycles. The summed E-state index contributed by atoms with van der Waals surface area (Å²) in [5.41, 5.74) is 5.30. The molecule has 7 nitrogen and oxygen atoms in total. The second-order valence-electron chi connectivity index (χ2n) is 5.95. The minimum atomic E-state index is -1.67. The third-order valence-electron chi connectivity index (χ3n) is 4.65. The number of anilines is 1. The number of allylic oxidation sites excluding steroid dienone is 1. The highest BCUT2D eigenvalue weighted by atomic mass is 16.5. The molecule has 0 bridgehead atoms. The van der Waals surface area contributed by atoms with Crippen LogP contribution in [0, 0.1) is 0 Å². The summed E-state index contributed by atoms with van der Waals surface area (Å²) in [6.45, 7) is 2.88. The van der Waals surface area contributed by atoms with Gasteiger partial charge in [-0.05, 0) is 19.9 Å². The summed E-state index contributed by atoms with van der Waals surface area (Å²) in [7, 11) is 2.77. The zero-order valence-electron chi connectivity index (χ0n) is 14.4. The fourth-order valence-electron chi connectivity index (χ4n) is 3.75. The van der Waals surface area contributed by atoms with Crippen LogP contribution in [0.25, 0.3) is 0 Å². The number of nitrogens with two attached hydrogens (primary N) is 1. The van der Waals surface area contributed by atoms with Gasteiger partial charge in [0.2, 0.25) is 11.8 Å². The Morgan fingerprint density at radius 2 is 1.88 bits per heavy atom. The van der Waals surface area contributed by atoms with E-state index < -0.39 is 17.3 Å². The van der Waals surface area contributed by atoms with Crippen molar-refractivity contribution in [2.45, 2.75) is 19.3 Å². The van der Waals surface area contributed by atoms with Crippen LogP contribution in [0.1, 0.15) is 19.4 Å². The summed E-state index contributed by atoms with van der Waals surface area (Å²) in [5, 5.41) is 0. The molecule has 1 aromatic carbocycles. The normalized spacial score (nSPS) is 22.2. The molecule has 2 N–H and O–H groups in total. The van der Waals surface area contributed by atoms with Gasteiger partial charge in [-0.3, -0.25) is 9.59 Å². The van der Waals surface area contributed by atoms with E-state index in [2.05, 4.69) is 0 Å². The van der Waals surface area contributed by atoms with Crippen molar-refractivity contribution < 1.29 is 23.9 Å². The number of ketones is 1. The lowest BCUT2D eigenvalue weighted by Gasteiger charge is -2.36. The van der Waals surface area contributed by atoms with Crippen molar-refractivity contribution in [2.24, 2.45) is 5.73 Å². The number of hydrogen-bond donors (Lipinski definition) is 1. The lowest BCUT2D eigenvalue weighted by molar-refractivity contribution is -0.139. The van der Waals surface area contributed by atoms with Crippen LogP contribution in [0.2, 0.25) is 0 Å². The number of hydrogen-bond acceptors (Lipinski definition) is 6. The van der Waals surface area contributed by atoms with E-state index in [-0.39, 0.29) is 28.6 Å². The van der Waals surface area contributed by atoms with Gasteiger partial charge in [0.25, 0.3) is 0 Å². The molecule has 0 aliphatic carbocycles. The Labute approximate surface area is 144 Å². The number of carbonyl (C=O) groups excluding carboxylic acids is 3. The van der Waals surface area contributed by atoms with Gasteiger partial charge >= 0.3 is 5.97 Å². The third-order valence-corrected chi connectivity index (χ3v) is 4.65. The Bertz CT molecular complexity index is 883. The summed E-state index contributed by atoms with van der Waals surface area (Å²) in [4.78, 5) is 39.8. The molecule has 0 aromatic heterocycles. The van der Waals surface area contributed by atoms with Crippen LogP contribution in [0.15, 0.2) is 47.1 Å². The minimum absolute atomic E-state index is 0.0869. The Kier molecular flexibility index (Phi) is 3.67. The molecule has 0 saturated carbocycles. The monoisotopic (exact) mass is 342 g/mol. The summed E-state index contributed by atoms with van der Waals surface area (Å²) in [6, 6.07) is 6.96. The number of para-hydroxylation sites is 1. The number of likely N-dealkylation sites (N-methyl/N-ethyl adjacent to an activating group) is 1. The van der Waals surface area contributed by atoms with Crippen LogP contribution in [-0.2, 0) is 29.3 Å². The zero-order valence-corrected chi connectivity index (χ0v) is 14.4. The van der Waals surface area contributed by atoms with E-state index in [1.165, 1.54) is 18.9 Å². The van der Waals surface area contributed by atoms with Crippen LogP contribution >= 0.6 is 0 Å². The molecule has 1 atom stereocenters. The van der Waals surface area contributed by atoms with E-state index in [1.807, 2.05) is 0 Å². The van der Waals surface area contributed by atoms with Gasteiger partial charge in [-0.2, -0.15) is 0 Å². The van der Waals surface area contributed by atoms with Gasteiger partial charge in [-0.15, -0.1) is 0 Å². The zero-order chi connectivity index (χ0) is 18.5. The van der Waals surface area contributed by atoms with Crippen LogP contribution in [0.5, 0.6) is 0 Å². The van der Waals surface area contributed by atoms with Gasteiger partial charge in [-0.1, -0.05) is 18.2 Å². The molecule has 0 radical (unpaired) electrons. The van der Waals surface area contributed by atoms with Crippen molar-refractivity contribution in [1.29, 1.82) is 0 Å². The van der Waals surface area contributed by atoms with Crippen molar-refractivity contribution in [1.82, 2.24) is 0 Å². The molecule has 3 rings (SSSR count). The molecule has 0 unspecified atom stereocenters. The predicted octanol–water partition coefficient (Wildman–Crippen LogP) is 1.14. The highest BCUT2D eigenvalue weighted by Gasteiger charge is 2.62. The number of carbonyl (C=O) groups is 3. The molecule has 0 fully saturated rings. The van der Waals surface area contributed by atoms with Gasteiger partial charge in [0, 0.05) is 18.3 Å². The van der Waals surface area contributed by atoms with Crippen molar-refractivity contribution >= 4 is 23.3 Å². The number of nitrogens with zero attached hydrogens (tertiary/aromatic N) is 1. The van der Waals surface area contributed by atoms with E-state index in [0.717, 1.165) is 0 Å². The molecular formula is C18H18N2O5. The van der Waals surface area contributed by atoms with E-state index >= 15 is 0 Å². The maximum Gasteiger partial charge on any atom is 0.340 e. The highest BCUT2D eigenvalue weighted by Crippen LogP contribution is 2.53. The summed E-state index contributed by atoms with van der Waals surface area (Å²) >= 11 is 0. The second kappa shape index (κ2) is 5.47. The van der Waals surface area contributed by atoms with Gasteiger partial charge < -0.3 is 20.1 Å². The predicted molar refractivity (Wildman–Crippen MR) is 89.2 cm³/mol. The van der Waals surface area contributed by atoms with Crippen molar-refractivity contribution in [3.63, 3.8) is 0 Å². The SMILES string of the molecule is COC(=O)C1=C(N)OC(C)=C(C(C)=O)[C@]12C(=O)N(C)c1ccccc12. The maximum absolute atomic E-state index is 13.4. The Hall–Kier alpha value is -3.09. The van der Waals surface area contributed by atoms with Crippen molar-refractivity contribution in [3.05, 3.63) is 52.6 Å². The highest BCUT2D eigenvalue weighted by molar-refractivity contribution is 6.22. The van der Waals surface area contributed by atoms with Crippen molar-refractivity contribution in [3.8, 4) is 0 Å². The average molecular weight is 342 g/mol. The van der Waals surface area contributed by atoms with E-state index in [0.29, 0.717) is 11.3 Å². The molecule has 1 amide bonds. The van der Waals surface area contributed by atoms with Gasteiger partial charge in [-0.25, -0.2) is 4.79 Å². The van der Waals surface area contributed by atoms with Gasteiger partial charge in [0.15, 0.2) is 5.78 Å². The Morgan fingerprint density at radius 1 is 1.24 bits per heavy atom. The first-order chi connectivity index (χ1) is 11.8. The first-order valence-electron chi connectivity index (χ1n) is 7.64. The molecule has 25 heavy (non-hydrogen) atoms. The largest absolute Gasteiger partial charge is 0.465 e. The summed E-state index contributed by atoms with van der Waals surface area (Å²) < 4.78 is 10.3. The molecule has 1 aromatic rings. The lowest BCUT2D eigenvalue weighted by Crippen LogP contribution is -2.49. The first-order valence-corrected chi connectivity index (χ1v) is 7.64. The van der Waals surface area contributed by atoms with Gasteiger partial charge in [0.1, 0.15) is 16.7 Å². The Balaban J connectivity index is 2.49. The topological polar surface area (TPSA) is 98.9 Å². The third kappa shape index (κ3) is 1.95. The number of Topliss-reactive ketones (excluding diaryl/α,β-unsaturated/α-hetero) is 1. The number of esters is 1. The Morgan fingerprint density at radius 3 is 2.48 bits per heavy atom. The van der Waals surface area contributed by atoms with E-state index in [9.17, 15) is 14.4 Å². The number of fused-ring (bicyclic) bond motifs is 2. The van der Waals surface area contributed by atoms with Crippen LogP contribution in [-0.4, -0.2) is 31.8 Å². The second-order valence-corrected chi connectivity index (χ2v) is 5.95. The summed E-state index contributed by atoms with van der Waals surface area (Å²) in [5.74, 6) is -1.71. The quantitative estimate of drug-likeness (QED) is 0.809. The molecule has 0 saturated heterocycles. The fraction of sp³-hybridized carbons (Fsp3) is 0.278. The molecule has 2 aliphatic rings. The molecule has 1 spiro atoms.